The van der Waals surface area contributed by atoms with Crippen LogP contribution in [0.5, 0.6) is 0 Å². The molecule has 5 rings (SSSR count). The Balaban J connectivity index is 1.39. The van der Waals surface area contributed by atoms with Crippen LogP contribution in [-0.2, 0) is 16.0 Å². The zero-order valence-corrected chi connectivity index (χ0v) is 16.8. The molecular formula is C21H27ClN4O2. The van der Waals surface area contributed by atoms with Gasteiger partial charge in [-0.15, -0.1) is 0 Å². The van der Waals surface area contributed by atoms with Gasteiger partial charge in [-0.25, -0.2) is 0 Å². The molecule has 4 heterocycles. The number of ether oxygens (including phenoxy) is 2. The highest BCUT2D eigenvalue weighted by Gasteiger charge is 2.29. The van der Waals surface area contributed by atoms with E-state index in [9.17, 15) is 0 Å². The minimum absolute atomic E-state index is 0.367. The third kappa shape index (κ3) is 3.53. The van der Waals surface area contributed by atoms with Gasteiger partial charge in [-0.1, -0.05) is 11.6 Å². The smallest absolute Gasteiger partial charge is 0.0888 e. The number of hydrogen-bond acceptors (Lipinski definition) is 5. The molecule has 4 aliphatic rings. The van der Waals surface area contributed by atoms with Gasteiger partial charge < -0.3 is 19.9 Å². The van der Waals surface area contributed by atoms with E-state index in [0.29, 0.717) is 31.2 Å². The van der Waals surface area contributed by atoms with Crippen molar-refractivity contribution >= 4 is 23.4 Å². The molecule has 0 radical (unpaired) electrons. The Morgan fingerprint density at radius 2 is 1.86 bits per heavy atom. The molecule has 1 saturated heterocycles. The van der Waals surface area contributed by atoms with Crippen molar-refractivity contribution in [1.29, 1.82) is 0 Å². The molecule has 0 atom stereocenters. The SMILES string of the molecule is ClC1=CCN=c2c3c([nH]c2=C1C1CCC(OC2CCOCC2)CC1)C=NNC3. The van der Waals surface area contributed by atoms with E-state index in [1.807, 2.05) is 12.3 Å². The summed E-state index contributed by atoms with van der Waals surface area (Å²) in [4.78, 5) is 8.36. The lowest BCUT2D eigenvalue weighted by molar-refractivity contribution is -0.0800. The highest BCUT2D eigenvalue weighted by atomic mass is 35.5. The summed E-state index contributed by atoms with van der Waals surface area (Å²) in [5.41, 5.74) is 6.52. The van der Waals surface area contributed by atoms with E-state index in [1.54, 1.807) is 0 Å². The van der Waals surface area contributed by atoms with Crippen molar-refractivity contribution in [2.45, 2.75) is 57.3 Å². The van der Waals surface area contributed by atoms with Gasteiger partial charge in [-0.2, -0.15) is 5.10 Å². The molecule has 1 aromatic heterocycles. The van der Waals surface area contributed by atoms with Crippen LogP contribution in [0.3, 0.4) is 0 Å². The van der Waals surface area contributed by atoms with E-state index < -0.39 is 0 Å². The number of H-pyrrole nitrogens is 1. The molecule has 2 N–H and O–H groups in total. The second-order valence-electron chi connectivity index (χ2n) is 8.06. The first-order valence-corrected chi connectivity index (χ1v) is 10.8. The standard InChI is InChI=1S/C21H27ClN4O2/c22-17-5-8-23-20-16-11-24-25-12-18(16)26-21(20)19(17)13-1-3-14(4-2-13)28-15-6-9-27-10-7-15/h5,12-15,24,26H,1-4,6-11H2. The van der Waals surface area contributed by atoms with E-state index >= 15 is 0 Å². The Bertz CT molecular complexity index is 906. The molecule has 0 bridgehead atoms. The molecule has 150 valence electrons. The third-order valence-electron chi connectivity index (χ3n) is 6.33. The maximum atomic E-state index is 6.75. The van der Waals surface area contributed by atoms with Crippen molar-refractivity contribution < 1.29 is 9.47 Å². The van der Waals surface area contributed by atoms with Crippen LogP contribution in [0.15, 0.2) is 21.2 Å². The predicted octanol–water partition coefficient (Wildman–Crippen LogP) is 2.11. The molecule has 3 aliphatic heterocycles. The Morgan fingerprint density at radius 1 is 1.07 bits per heavy atom. The van der Waals surface area contributed by atoms with Gasteiger partial charge in [-0.3, -0.25) is 4.99 Å². The molecule has 1 aromatic rings. The summed E-state index contributed by atoms with van der Waals surface area (Å²) in [6.07, 6.45) is 11.1. The summed E-state index contributed by atoms with van der Waals surface area (Å²) >= 11 is 6.75. The minimum atomic E-state index is 0.367. The van der Waals surface area contributed by atoms with Gasteiger partial charge >= 0.3 is 0 Å². The molecule has 1 saturated carbocycles. The summed E-state index contributed by atoms with van der Waals surface area (Å²) in [6, 6.07) is 0. The van der Waals surface area contributed by atoms with Gasteiger partial charge in [0.25, 0.3) is 0 Å². The highest BCUT2D eigenvalue weighted by molar-refractivity contribution is 6.35. The molecule has 2 fully saturated rings. The molecule has 0 aromatic carbocycles. The van der Waals surface area contributed by atoms with E-state index in [2.05, 4.69) is 15.5 Å². The van der Waals surface area contributed by atoms with Crippen LogP contribution in [0.2, 0.25) is 0 Å². The molecule has 0 amide bonds. The number of nitrogens with zero attached hydrogens (tertiary/aromatic N) is 2. The summed E-state index contributed by atoms with van der Waals surface area (Å²) in [7, 11) is 0. The van der Waals surface area contributed by atoms with Gasteiger partial charge in [-0.05, 0) is 56.1 Å². The van der Waals surface area contributed by atoms with Crippen molar-refractivity contribution in [2.75, 3.05) is 19.8 Å². The summed E-state index contributed by atoms with van der Waals surface area (Å²) in [5.74, 6) is 0.440. The van der Waals surface area contributed by atoms with Crippen LogP contribution in [-0.4, -0.2) is 43.2 Å². The maximum absolute atomic E-state index is 6.75. The lowest BCUT2D eigenvalue weighted by Gasteiger charge is -2.33. The number of aromatic nitrogens is 1. The van der Waals surface area contributed by atoms with Crippen molar-refractivity contribution in [3.05, 3.63) is 33.1 Å². The van der Waals surface area contributed by atoms with Gasteiger partial charge in [0.1, 0.15) is 0 Å². The van der Waals surface area contributed by atoms with Crippen LogP contribution >= 0.6 is 11.6 Å². The molecule has 0 spiro atoms. The topological polar surface area (TPSA) is 71.0 Å². The fourth-order valence-corrected chi connectivity index (χ4v) is 5.18. The fourth-order valence-electron chi connectivity index (χ4n) is 4.86. The van der Waals surface area contributed by atoms with Crippen LogP contribution < -0.4 is 16.1 Å². The fraction of sp³-hybridized carbons (Fsp3) is 0.619. The van der Waals surface area contributed by atoms with Gasteiger partial charge in [0.05, 0.1) is 47.9 Å². The van der Waals surface area contributed by atoms with E-state index in [4.69, 9.17) is 26.1 Å². The number of rotatable bonds is 3. The maximum Gasteiger partial charge on any atom is 0.0888 e. The van der Waals surface area contributed by atoms with Gasteiger partial charge in [0.2, 0.25) is 0 Å². The summed E-state index contributed by atoms with van der Waals surface area (Å²) < 4.78 is 11.8. The molecular weight excluding hydrogens is 376 g/mol. The van der Waals surface area contributed by atoms with Crippen molar-refractivity contribution in [3.63, 3.8) is 0 Å². The zero-order valence-electron chi connectivity index (χ0n) is 16.0. The van der Waals surface area contributed by atoms with E-state index in [0.717, 1.165) is 73.2 Å². The Kier molecular flexibility index (Phi) is 5.26. The summed E-state index contributed by atoms with van der Waals surface area (Å²) in [6.45, 7) is 3.00. The largest absolute Gasteiger partial charge is 0.381 e. The lowest BCUT2D eigenvalue weighted by Crippen LogP contribution is -2.34. The van der Waals surface area contributed by atoms with E-state index in [-0.39, 0.29) is 0 Å². The van der Waals surface area contributed by atoms with Crippen LogP contribution in [0.4, 0.5) is 0 Å². The van der Waals surface area contributed by atoms with Gasteiger partial charge in [0.15, 0.2) is 0 Å². The quantitative estimate of drug-likeness (QED) is 0.813. The van der Waals surface area contributed by atoms with Crippen molar-refractivity contribution in [1.82, 2.24) is 10.4 Å². The second kappa shape index (κ2) is 8.01. The molecule has 1 aliphatic carbocycles. The summed E-state index contributed by atoms with van der Waals surface area (Å²) in [5, 5.41) is 7.17. The Hall–Kier alpha value is -1.63. The monoisotopic (exact) mass is 402 g/mol. The van der Waals surface area contributed by atoms with Crippen molar-refractivity contribution in [2.24, 2.45) is 16.0 Å². The van der Waals surface area contributed by atoms with Crippen LogP contribution in [0.25, 0.3) is 5.57 Å². The number of hydrogen-bond donors (Lipinski definition) is 2. The minimum Gasteiger partial charge on any atom is -0.381 e. The molecule has 6 nitrogen and oxygen atoms in total. The number of nitrogens with one attached hydrogen (secondary N) is 2. The Labute approximate surface area is 169 Å². The second-order valence-corrected chi connectivity index (χ2v) is 8.47. The molecule has 7 heteroatoms. The lowest BCUT2D eigenvalue weighted by atomic mass is 9.81. The highest BCUT2D eigenvalue weighted by Crippen LogP contribution is 2.37. The Morgan fingerprint density at radius 3 is 2.68 bits per heavy atom. The first-order chi connectivity index (χ1) is 13.8. The van der Waals surface area contributed by atoms with Gasteiger partial charge in [0, 0.05) is 23.8 Å². The first-order valence-electron chi connectivity index (χ1n) is 10.4. The van der Waals surface area contributed by atoms with E-state index in [1.165, 1.54) is 11.1 Å². The normalized spacial score (nSPS) is 27.9. The zero-order chi connectivity index (χ0) is 18.9. The average molecular weight is 403 g/mol. The van der Waals surface area contributed by atoms with Crippen molar-refractivity contribution in [3.8, 4) is 0 Å². The van der Waals surface area contributed by atoms with Crippen LogP contribution in [0, 0.1) is 5.92 Å². The number of fused-ring (bicyclic) bond motifs is 3. The molecule has 0 unspecified atom stereocenters. The number of aromatic amines is 1. The number of hydrazone groups is 1. The van der Waals surface area contributed by atoms with Crippen LogP contribution in [0.1, 0.15) is 49.8 Å². The number of halogens is 1. The average Bonchev–Trinajstić information content (AvgIpc) is 3.00. The third-order valence-corrected chi connectivity index (χ3v) is 6.69. The predicted molar refractivity (Wildman–Crippen MR) is 109 cm³/mol. The first kappa shape index (κ1) is 18.4. The molecule has 28 heavy (non-hydrogen) atoms. The number of allylic oxidation sites excluding steroid dienone is 1.